The fourth-order valence-corrected chi connectivity index (χ4v) is 5.25. The van der Waals surface area contributed by atoms with Gasteiger partial charge >= 0.3 is 0 Å². The van der Waals surface area contributed by atoms with Crippen molar-refractivity contribution in [1.29, 1.82) is 0 Å². The van der Waals surface area contributed by atoms with Crippen LogP contribution in [0.15, 0.2) is 29.8 Å². The van der Waals surface area contributed by atoms with E-state index in [1.54, 1.807) is 5.51 Å². The number of carbonyl (C=O) groups excluding carboxylic acids is 4. The van der Waals surface area contributed by atoms with Gasteiger partial charge in [0, 0.05) is 13.5 Å². The van der Waals surface area contributed by atoms with Crippen LogP contribution in [0.5, 0.6) is 0 Å². The summed E-state index contributed by atoms with van der Waals surface area (Å²) in [6.07, 6.45) is -0.0643. The summed E-state index contributed by atoms with van der Waals surface area (Å²) in [5.41, 5.74) is 4.45. The first-order valence-electron chi connectivity index (χ1n) is 12.8. The smallest absolute Gasteiger partial charge is 0.251 e. The van der Waals surface area contributed by atoms with E-state index in [1.807, 2.05) is 45.0 Å². The van der Waals surface area contributed by atoms with Gasteiger partial charge in [-0.2, -0.15) is 0 Å². The van der Waals surface area contributed by atoms with Crippen LogP contribution in [0, 0.1) is 12.8 Å². The number of aryl methyl sites for hydroxylation is 1. The minimum atomic E-state index is -1.01. The van der Waals surface area contributed by atoms with Gasteiger partial charge in [0.1, 0.15) is 12.1 Å². The molecule has 2 heterocycles. The summed E-state index contributed by atoms with van der Waals surface area (Å²) in [5.74, 6) is -1.72. The lowest BCUT2D eigenvalue weighted by molar-refractivity contribution is -0.149. The molecule has 0 spiro atoms. The number of aliphatic hydroxyl groups excluding tert-OH is 1. The number of benzene rings is 1. The van der Waals surface area contributed by atoms with E-state index in [4.69, 9.17) is 0 Å². The van der Waals surface area contributed by atoms with Gasteiger partial charge in [0.25, 0.3) is 5.91 Å². The molecule has 1 aromatic heterocycles. The van der Waals surface area contributed by atoms with E-state index in [-0.39, 0.29) is 31.3 Å². The number of thiazole rings is 1. The molecule has 3 rings (SSSR count). The number of β-amino-alcohol motifs (C(OH)–C–C–N with tert-alkyl or cyclic N) is 1. The normalized spacial score (nSPS) is 18.6. The molecule has 206 valence electrons. The van der Waals surface area contributed by atoms with Crippen molar-refractivity contribution in [2.45, 2.75) is 78.2 Å². The molecule has 1 fully saturated rings. The largest absolute Gasteiger partial charge is 0.392 e. The average molecular weight is 544 g/mol. The zero-order valence-electron chi connectivity index (χ0n) is 22.5. The summed E-state index contributed by atoms with van der Waals surface area (Å²) in [4.78, 5) is 57.9. The van der Waals surface area contributed by atoms with Gasteiger partial charge in [0.2, 0.25) is 17.7 Å². The topological polar surface area (TPSA) is 141 Å². The number of aliphatic hydroxyl groups is 1. The Labute approximate surface area is 227 Å². The second-order valence-electron chi connectivity index (χ2n) is 10.2. The summed E-state index contributed by atoms with van der Waals surface area (Å²) in [6.45, 7) is 8.93. The SMILES string of the molecule is CC(=O)N[C@@H](CC(C)C)C(=O)N[C@@H](C)C(=O)N(Cc1ccc(-c2scnc2C)cc1)C(=O)[C@@H]1C[C@@H](O)CN1. The highest BCUT2D eigenvalue weighted by Gasteiger charge is 2.36. The van der Waals surface area contributed by atoms with Crippen molar-refractivity contribution in [3.05, 3.63) is 41.0 Å². The van der Waals surface area contributed by atoms with E-state index in [1.165, 1.54) is 25.2 Å². The van der Waals surface area contributed by atoms with E-state index < -0.39 is 42.0 Å². The molecule has 0 radical (unpaired) electrons. The minimum absolute atomic E-state index is 0.00915. The standard InChI is InChI=1S/C27H37N5O5S/c1-15(2)10-22(31-18(5)33)25(35)30-17(4)26(36)32(27(37)23-11-21(34)12-28-23)13-19-6-8-20(9-7-19)24-16(3)29-14-38-24/h6-9,14-15,17,21-23,28,34H,10-13H2,1-5H3,(H,30,35)(H,31,33)/t17-,21+,22-,23-/m0/s1. The zero-order valence-corrected chi connectivity index (χ0v) is 23.3. The van der Waals surface area contributed by atoms with Crippen molar-refractivity contribution in [3.8, 4) is 10.4 Å². The van der Waals surface area contributed by atoms with Crippen LogP contribution in [0.2, 0.25) is 0 Å². The Hall–Kier alpha value is -3.15. The Morgan fingerprint density at radius 3 is 2.37 bits per heavy atom. The molecule has 11 heteroatoms. The van der Waals surface area contributed by atoms with Crippen LogP contribution < -0.4 is 16.0 Å². The Kier molecular flexibility index (Phi) is 10.1. The van der Waals surface area contributed by atoms with E-state index in [9.17, 15) is 24.3 Å². The minimum Gasteiger partial charge on any atom is -0.392 e. The van der Waals surface area contributed by atoms with Crippen LogP contribution >= 0.6 is 11.3 Å². The van der Waals surface area contributed by atoms with Gasteiger partial charge in [-0.15, -0.1) is 11.3 Å². The lowest BCUT2D eigenvalue weighted by Gasteiger charge is -2.28. The van der Waals surface area contributed by atoms with E-state index in [0.717, 1.165) is 26.6 Å². The highest BCUT2D eigenvalue weighted by Crippen LogP contribution is 2.27. The lowest BCUT2D eigenvalue weighted by atomic mass is 10.0. The maximum atomic E-state index is 13.5. The number of aromatic nitrogens is 1. The monoisotopic (exact) mass is 543 g/mol. The number of amides is 4. The molecule has 1 saturated heterocycles. The number of rotatable bonds is 10. The fourth-order valence-electron chi connectivity index (χ4n) is 4.44. The molecule has 0 bridgehead atoms. The van der Waals surface area contributed by atoms with Crippen LogP contribution in [-0.2, 0) is 25.7 Å². The maximum absolute atomic E-state index is 13.5. The predicted molar refractivity (Wildman–Crippen MR) is 145 cm³/mol. The molecule has 4 atom stereocenters. The van der Waals surface area contributed by atoms with Gasteiger partial charge in [0.05, 0.1) is 34.8 Å². The van der Waals surface area contributed by atoms with Gasteiger partial charge < -0.3 is 21.1 Å². The molecule has 38 heavy (non-hydrogen) atoms. The zero-order chi connectivity index (χ0) is 28.0. The van der Waals surface area contributed by atoms with Gasteiger partial charge in [0.15, 0.2) is 0 Å². The van der Waals surface area contributed by atoms with Crippen LogP contribution in [0.25, 0.3) is 10.4 Å². The van der Waals surface area contributed by atoms with Crippen molar-refractivity contribution in [3.63, 3.8) is 0 Å². The molecule has 10 nitrogen and oxygen atoms in total. The molecule has 4 N–H and O–H groups in total. The Morgan fingerprint density at radius 2 is 1.84 bits per heavy atom. The first-order valence-corrected chi connectivity index (χ1v) is 13.7. The van der Waals surface area contributed by atoms with Crippen molar-refractivity contribution < 1.29 is 24.3 Å². The second-order valence-corrected chi connectivity index (χ2v) is 11.0. The summed E-state index contributed by atoms with van der Waals surface area (Å²) in [7, 11) is 0. The van der Waals surface area contributed by atoms with Crippen LogP contribution in [0.1, 0.15) is 51.8 Å². The van der Waals surface area contributed by atoms with Gasteiger partial charge in [-0.25, -0.2) is 4.98 Å². The summed E-state index contributed by atoms with van der Waals surface area (Å²) >= 11 is 1.54. The number of nitrogens with zero attached hydrogens (tertiary/aromatic N) is 2. The average Bonchev–Trinajstić information content (AvgIpc) is 3.49. The lowest BCUT2D eigenvalue weighted by Crippen LogP contribution is -2.56. The Balaban J connectivity index is 1.79. The van der Waals surface area contributed by atoms with Gasteiger partial charge in [-0.1, -0.05) is 38.1 Å². The summed E-state index contributed by atoms with van der Waals surface area (Å²) in [6, 6.07) is 5.06. The quantitative estimate of drug-likeness (QED) is 0.358. The highest BCUT2D eigenvalue weighted by molar-refractivity contribution is 7.13. The molecule has 4 amide bonds. The van der Waals surface area contributed by atoms with Crippen LogP contribution in [-0.4, -0.2) is 69.4 Å². The molecule has 0 saturated carbocycles. The van der Waals surface area contributed by atoms with Crippen LogP contribution in [0.3, 0.4) is 0 Å². The van der Waals surface area contributed by atoms with Gasteiger partial charge in [-0.05, 0) is 43.7 Å². The Morgan fingerprint density at radius 1 is 1.16 bits per heavy atom. The molecule has 0 unspecified atom stereocenters. The fraction of sp³-hybridized carbons (Fsp3) is 0.519. The molecule has 0 aliphatic carbocycles. The number of nitrogens with one attached hydrogen (secondary N) is 3. The molecular formula is C27H37N5O5S. The second kappa shape index (κ2) is 13.1. The third-order valence-corrected chi connectivity index (χ3v) is 7.35. The van der Waals surface area contributed by atoms with Crippen LogP contribution in [0.4, 0.5) is 0 Å². The molecule has 1 aliphatic heterocycles. The Bertz CT molecular complexity index is 1150. The highest BCUT2D eigenvalue weighted by atomic mass is 32.1. The maximum Gasteiger partial charge on any atom is 0.251 e. The van der Waals surface area contributed by atoms with E-state index in [2.05, 4.69) is 20.9 Å². The third-order valence-electron chi connectivity index (χ3n) is 6.37. The number of hydrogen-bond donors (Lipinski definition) is 4. The van der Waals surface area contributed by atoms with Gasteiger partial charge in [-0.3, -0.25) is 24.1 Å². The third kappa shape index (κ3) is 7.68. The van der Waals surface area contributed by atoms with E-state index >= 15 is 0 Å². The van der Waals surface area contributed by atoms with Crippen molar-refractivity contribution in [2.75, 3.05) is 6.54 Å². The number of imide groups is 1. The van der Waals surface area contributed by atoms with Crippen molar-refractivity contribution in [2.24, 2.45) is 5.92 Å². The molecule has 2 aromatic rings. The molecule has 1 aromatic carbocycles. The van der Waals surface area contributed by atoms with Crippen molar-refractivity contribution in [1.82, 2.24) is 25.8 Å². The number of carbonyl (C=O) groups is 4. The van der Waals surface area contributed by atoms with E-state index in [0.29, 0.717) is 6.42 Å². The predicted octanol–water partition coefficient (Wildman–Crippen LogP) is 1.75. The summed E-state index contributed by atoms with van der Waals surface area (Å²) in [5, 5.41) is 18.2. The summed E-state index contributed by atoms with van der Waals surface area (Å²) < 4.78 is 0. The molecule has 1 aliphatic rings. The van der Waals surface area contributed by atoms with Crippen molar-refractivity contribution >= 4 is 35.0 Å². The number of hydrogen-bond acceptors (Lipinski definition) is 8. The first-order chi connectivity index (χ1) is 18.0. The first kappa shape index (κ1) is 29.4. The molecular weight excluding hydrogens is 506 g/mol.